The molecule has 1 unspecified atom stereocenters. The van der Waals surface area contributed by atoms with Crippen LogP contribution in [-0.2, 0) is 6.54 Å². The summed E-state index contributed by atoms with van der Waals surface area (Å²) >= 11 is 0. The Hall–Kier alpha value is -0.930. The second-order valence-electron chi connectivity index (χ2n) is 3.95. The van der Waals surface area contributed by atoms with Gasteiger partial charge in [0.25, 0.3) is 0 Å². The van der Waals surface area contributed by atoms with Crippen molar-refractivity contribution >= 4 is 0 Å². The van der Waals surface area contributed by atoms with E-state index >= 15 is 0 Å². The Kier molecular flexibility index (Phi) is 3.11. The maximum atomic E-state index is 5.65. The first kappa shape index (κ1) is 9.62. The highest BCUT2D eigenvalue weighted by atomic mass is 15.2. The van der Waals surface area contributed by atoms with Gasteiger partial charge in [-0.1, -0.05) is 6.07 Å². The summed E-state index contributed by atoms with van der Waals surface area (Å²) in [6.07, 6.45) is 3.09. The maximum Gasteiger partial charge on any atom is 0.0543 e. The average Bonchev–Trinajstić information content (AvgIpc) is 2.67. The van der Waals surface area contributed by atoms with Crippen molar-refractivity contribution in [1.29, 1.82) is 0 Å². The van der Waals surface area contributed by atoms with E-state index in [2.05, 4.69) is 16.0 Å². The van der Waals surface area contributed by atoms with Gasteiger partial charge in [-0.2, -0.15) is 0 Å². The third-order valence-corrected chi connectivity index (χ3v) is 2.82. The van der Waals surface area contributed by atoms with E-state index in [4.69, 9.17) is 5.73 Å². The van der Waals surface area contributed by atoms with Crippen LogP contribution in [-0.4, -0.2) is 29.5 Å². The van der Waals surface area contributed by atoms with Crippen molar-refractivity contribution in [2.24, 2.45) is 11.7 Å². The number of hydrogen-bond acceptors (Lipinski definition) is 3. The molecule has 0 amide bonds. The fraction of sp³-hybridized carbons (Fsp3) is 0.545. The number of nitrogens with zero attached hydrogens (tertiary/aromatic N) is 2. The molecule has 1 aliphatic rings. The van der Waals surface area contributed by atoms with E-state index in [1.807, 2.05) is 18.3 Å². The SMILES string of the molecule is NCC1CCN(Cc2ccccn2)C1. The lowest BCUT2D eigenvalue weighted by Crippen LogP contribution is -2.23. The molecule has 1 aliphatic heterocycles. The normalized spacial score (nSPS) is 22.8. The summed E-state index contributed by atoms with van der Waals surface area (Å²) in [5.74, 6) is 0.693. The lowest BCUT2D eigenvalue weighted by Gasteiger charge is -2.14. The second kappa shape index (κ2) is 4.53. The predicted octanol–water partition coefficient (Wildman–Crippen LogP) is 0.862. The Bertz CT molecular complexity index is 273. The molecule has 2 heterocycles. The molecule has 1 saturated heterocycles. The van der Waals surface area contributed by atoms with Crippen molar-refractivity contribution in [2.45, 2.75) is 13.0 Å². The van der Waals surface area contributed by atoms with Gasteiger partial charge in [0.05, 0.1) is 5.69 Å². The van der Waals surface area contributed by atoms with Crippen LogP contribution in [0.25, 0.3) is 0 Å². The number of likely N-dealkylation sites (tertiary alicyclic amines) is 1. The second-order valence-corrected chi connectivity index (χ2v) is 3.95. The molecule has 1 aromatic rings. The van der Waals surface area contributed by atoms with Crippen LogP contribution in [0.15, 0.2) is 24.4 Å². The molecule has 0 saturated carbocycles. The third kappa shape index (κ3) is 2.30. The van der Waals surface area contributed by atoms with Crippen molar-refractivity contribution in [2.75, 3.05) is 19.6 Å². The highest BCUT2D eigenvalue weighted by Crippen LogP contribution is 2.16. The number of hydrogen-bond donors (Lipinski definition) is 1. The Labute approximate surface area is 84.9 Å². The van der Waals surface area contributed by atoms with Crippen LogP contribution in [0, 0.1) is 5.92 Å². The van der Waals surface area contributed by atoms with Gasteiger partial charge in [-0.15, -0.1) is 0 Å². The van der Waals surface area contributed by atoms with Crippen LogP contribution in [0.4, 0.5) is 0 Å². The molecule has 3 heteroatoms. The first-order valence-corrected chi connectivity index (χ1v) is 5.21. The van der Waals surface area contributed by atoms with Crippen molar-refractivity contribution < 1.29 is 0 Å². The molecule has 0 spiro atoms. The van der Waals surface area contributed by atoms with Gasteiger partial charge in [-0.25, -0.2) is 0 Å². The van der Waals surface area contributed by atoms with Crippen molar-refractivity contribution in [3.05, 3.63) is 30.1 Å². The van der Waals surface area contributed by atoms with Crippen LogP contribution < -0.4 is 5.73 Å². The number of rotatable bonds is 3. The summed E-state index contributed by atoms with van der Waals surface area (Å²) in [5, 5.41) is 0. The Balaban J connectivity index is 1.88. The van der Waals surface area contributed by atoms with E-state index in [0.717, 1.165) is 25.3 Å². The van der Waals surface area contributed by atoms with Gasteiger partial charge in [0.2, 0.25) is 0 Å². The molecule has 0 bridgehead atoms. The Morgan fingerprint density at radius 2 is 2.43 bits per heavy atom. The summed E-state index contributed by atoms with van der Waals surface area (Å²) in [7, 11) is 0. The smallest absolute Gasteiger partial charge is 0.0543 e. The fourth-order valence-corrected chi connectivity index (χ4v) is 1.97. The molecular weight excluding hydrogens is 174 g/mol. The quantitative estimate of drug-likeness (QED) is 0.770. The highest BCUT2D eigenvalue weighted by Gasteiger charge is 2.20. The minimum Gasteiger partial charge on any atom is -0.330 e. The number of nitrogens with two attached hydrogens (primary N) is 1. The van der Waals surface area contributed by atoms with Gasteiger partial charge in [0.1, 0.15) is 0 Å². The molecule has 1 atom stereocenters. The molecular formula is C11H17N3. The maximum absolute atomic E-state index is 5.65. The minimum atomic E-state index is 0.693. The largest absolute Gasteiger partial charge is 0.330 e. The Morgan fingerprint density at radius 3 is 3.07 bits per heavy atom. The summed E-state index contributed by atoms with van der Waals surface area (Å²) in [5.41, 5.74) is 6.80. The van der Waals surface area contributed by atoms with Gasteiger partial charge in [-0.3, -0.25) is 9.88 Å². The zero-order valence-corrected chi connectivity index (χ0v) is 8.39. The summed E-state index contributed by atoms with van der Waals surface area (Å²) in [6, 6.07) is 6.07. The molecule has 0 aliphatic carbocycles. The van der Waals surface area contributed by atoms with Crippen molar-refractivity contribution in [3.8, 4) is 0 Å². The Morgan fingerprint density at radius 1 is 1.50 bits per heavy atom. The molecule has 2 N–H and O–H groups in total. The van der Waals surface area contributed by atoms with Gasteiger partial charge >= 0.3 is 0 Å². The van der Waals surface area contributed by atoms with Gasteiger partial charge < -0.3 is 5.73 Å². The summed E-state index contributed by atoms with van der Waals surface area (Å²) in [6.45, 7) is 4.08. The first-order valence-electron chi connectivity index (χ1n) is 5.21. The van der Waals surface area contributed by atoms with E-state index in [-0.39, 0.29) is 0 Å². The monoisotopic (exact) mass is 191 g/mol. The molecule has 3 nitrogen and oxygen atoms in total. The molecule has 76 valence electrons. The van der Waals surface area contributed by atoms with Crippen LogP contribution in [0.5, 0.6) is 0 Å². The third-order valence-electron chi connectivity index (χ3n) is 2.82. The summed E-state index contributed by atoms with van der Waals surface area (Å²) < 4.78 is 0. The zero-order chi connectivity index (χ0) is 9.80. The van der Waals surface area contributed by atoms with Gasteiger partial charge in [-0.05, 0) is 37.6 Å². The van der Waals surface area contributed by atoms with Crippen molar-refractivity contribution in [1.82, 2.24) is 9.88 Å². The van der Waals surface area contributed by atoms with E-state index < -0.39 is 0 Å². The topological polar surface area (TPSA) is 42.1 Å². The summed E-state index contributed by atoms with van der Waals surface area (Å²) in [4.78, 5) is 6.75. The van der Waals surface area contributed by atoms with E-state index in [1.54, 1.807) is 0 Å². The zero-order valence-electron chi connectivity index (χ0n) is 8.39. The molecule has 1 fully saturated rings. The van der Waals surface area contributed by atoms with Crippen molar-refractivity contribution in [3.63, 3.8) is 0 Å². The first-order chi connectivity index (χ1) is 6.88. The van der Waals surface area contributed by atoms with E-state index in [9.17, 15) is 0 Å². The number of pyridine rings is 1. The molecule has 14 heavy (non-hydrogen) atoms. The van der Waals surface area contributed by atoms with E-state index in [0.29, 0.717) is 5.92 Å². The van der Waals surface area contributed by atoms with Gasteiger partial charge in [0, 0.05) is 19.3 Å². The average molecular weight is 191 g/mol. The number of aromatic nitrogens is 1. The van der Waals surface area contributed by atoms with Crippen LogP contribution in [0.3, 0.4) is 0 Å². The fourth-order valence-electron chi connectivity index (χ4n) is 1.97. The molecule has 0 radical (unpaired) electrons. The van der Waals surface area contributed by atoms with Crippen LogP contribution in [0.2, 0.25) is 0 Å². The van der Waals surface area contributed by atoms with Crippen LogP contribution >= 0.6 is 0 Å². The standard InChI is InChI=1S/C11H17N3/c12-7-10-4-6-14(8-10)9-11-3-1-2-5-13-11/h1-3,5,10H,4,6-9,12H2. The predicted molar refractivity (Wildman–Crippen MR) is 56.7 cm³/mol. The molecule has 2 rings (SSSR count). The highest BCUT2D eigenvalue weighted by molar-refractivity contribution is 5.03. The lowest BCUT2D eigenvalue weighted by molar-refractivity contribution is 0.314. The van der Waals surface area contributed by atoms with Crippen LogP contribution in [0.1, 0.15) is 12.1 Å². The van der Waals surface area contributed by atoms with Gasteiger partial charge in [0.15, 0.2) is 0 Å². The molecule has 0 aromatic carbocycles. The molecule has 1 aromatic heterocycles. The minimum absolute atomic E-state index is 0.693. The lowest BCUT2D eigenvalue weighted by atomic mass is 10.1. The van der Waals surface area contributed by atoms with E-state index in [1.165, 1.54) is 13.0 Å².